The number of carbonyl (C=O) groups excluding carboxylic acids is 1. The minimum Gasteiger partial charge on any atom is -0.353 e. The van der Waals surface area contributed by atoms with E-state index in [2.05, 4.69) is 10.0 Å². The molecule has 98 valence electrons. The van der Waals surface area contributed by atoms with E-state index in [-0.39, 0.29) is 5.91 Å². The molecule has 1 aromatic carbocycles. The van der Waals surface area contributed by atoms with E-state index < -0.39 is 10.0 Å². The van der Waals surface area contributed by atoms with Gasteiger partial charge in [-0.05, 0) is 30.5 Å². The average molecular weight is 268 g/mol. The first kappa shape index (κ1) is 12.9. The summed E-state index contributed by atoms with van der Waals surface area (Å²) in [6.45, 7) is 0. The summed E-state index contributed by atoms with van der Waals surface area (Å²) in [7, 11) is -3.25. The van der Waals surface area contributed by atoms with Gasteiger partial charge in [-0.15, -0.1) is 0 Å². The fraction of sp³-hybridized carbons (Fsp3) is 0.417. The van der Waals surface area contributed by atoms with Crippen LogP contribution >= 0.6 is 0 Å². The van der Waals surface area contributed by atoms with Gasteiger partial charge in [0.25, 0.3) is 0 Å². The molecule has 2 rings (SSSR count). The Labute approximate surface area is 107 Å². The zero-order valence-corrected chi connectivity index (χ0v) is 11.0. The Bertz CT molecular complexity index is 533. The van der Waals surface area contributed by atoms with E-state index >= 15 is 0 Å². The number of benzene rings is 1. The first-order valence-electron chi connectivity index (χ1n) is 5.78. The lowest BCUT2D eigenvalue weighted by atomic mass is 10.1. The summed E-state index contributed by atoms with van der Waals surface area (Å²) in [6, 6.07) is 7.17. The standard InChI is InChI=1S/C12H16N2O3S/c1-18(16,17)14-11-4-2-9(3-5-11)8-12(15)13-10-6-7-10/h2-5,10,14H,6-8H2,1H3,(H,13,15). The molecule has 1 saturated carbocycles. The summed E-state index contributed by atoms with van der Waals surface area (Å²) in [6.07, 6.45) is 3.57. The Morgan fingerprint density at radius 2 is 1.89 bits per heavy atom. The van der Waals surface area contributed by atoms with Crippen molar-refractivity contribution in [3.63, 3.8) is 0 Å². The number of rotatable bonds is 5. The highest BCUT2D eigenvalue weighted by atomic mass is 32.2. The quantitative estimate of drug-likeness (QED) is 0.832. The van der Waals surface area contributed by atoms with Gasteiger partial charge in [0.1, 0.15) is 0 Å². The van der Waals surface area contributed by atoms with E-state index in [4.69, 9.17) is 0 Å². The molecular formula is C12H16N2O3S. The lowest BCUT2D eigenvalue weighted by Crippen LogP contribution is -2.26. The van der Waals surface area contributed by atoms with Gasteiger partial charge in [-0.25, -0.2) is 8.42 Å². The molecule has 0 unspecified atom stereocenters. The summed E-state index contributed by atoms with van der Waals surface area (Å²) in [5, 5.41) is 2.90. The lowest BCUT2D eigenvalue weighted by molar-refractivity contribution is -0.120. The summed E-state index contributed by atoms with van der Waals surface area (Å²) in [4.78, 5) is 11.6. The molecule has 1 aliphatic rings. The topological polar surface area (TPSA) is 75.3 Å². The van der Waals surface area contributed by atoms with Crippen molar-refractivity contribution < 1.29 is 13.2 Å². The van der Waals surface area contributed by atoms with Gasteiger partial charge in [-0.1, -0.05) is 12.1 Å². The van der Waals surface area contributed by atoms with E-state index in [0.717, 1.165) is 24.7 Å². The third-order valence-electron chi connectivity index (χ3n) is 2.56. The van der Waals surface area contributed by atoms with Crippen molar-refractivity contribution in [1.82, 2.24) is 5.32 Å². The van der Waals surface area contributed by atoms with E-state index in [1.54, 1.807) is 24.3 Å². The van der Waals surface area contributed by atoms with E-state index in [1.165, 1.54) is 0 Å². The molecule has 6 heteroatoms. The van der Waals surface area contributed by atoms with Crippen molar-refractivity contribution in [2.24, 2.45) is 0 Å². The Hall–Kier alpha value is -1.56. The van der Waals surface area contributed by atoms with E-state index in [0.29, 0.717) is 18.2 Å². The van der Waals surface area contributed by atoms with Crippen LogP contribution in [0.25, 0.3) is 0 Å². The molecule has 1 amide bonds. The molecule has 0 bridgehead atoms. The van der Waals surface area contributed by atoms with Gasteiger partial charge in [0.2, 0.25) is 15.9 Å². The molecule has 0 heterocycles. The molecule has 5 nitrogen and oxygen atoms in total. The van der Waals surface area contributed by atoms with Crippen molar-refractivity contribution in [3.05, 3.63) is 29.8 Å². The monoisotopic (exact) mass is 268 g/mol. The molecule has 0 radical (unpaired) electrons. The van der Waals surface area contributed by atoms with Crippen molar-refractivity contribution in [3.8, 4) is 0 Å². The fourth-order valence-corrected chi connectivity index (χ4v) is 2.16. The largest absolute Gasteiger partial charge is 0.353 e. The van der Waals surface area contributed by atoms with Crippen LogP contribution in [0, 0.1) is 0 Å². The predicted molar refractivity (Wildman–Crippen MR) is 69.8 cm³/mol. The smallest absolute Gasteiger partial charge is 0.229 e. The normalized spacial score (nSPS) is 15.2. The van der Waals surface area contributed by atoms with Crippen LogP contribution in [0.3, 0.4) is 0 Å². The minimum absolute atomic E-state index is 0.0151. The third kappa shape index (κ3) is 4.37. The number of hydrogen-bond acceptors (Lipinski definition) is 3. The van der Waals surface area contributed by atoms with Gasteiger partial charge in [0.05, 0.1) is 12.7 Å². The highest BCUT2D eigenvalue weighted by Gasteiger charge is 2.22. The molecule has 1 aliphatic carbocycles. The van der Waals surface area contributed by atoms with Crippen molar-refractivity contribution in [1.29, 1.82) is 0 Å². The van der Waals surface area contributed by atoms with Crippen LogP contribution < -0.4 is 10.0 Å². The number of nitrogens with one attached hydrogen (secondary N) is 2. The first-order chi connectivity index (χ1) is 8.42. The summed E-state index contributed by atoms with van der Waals surface area (Å²) in [5.41, 5.74) is 1.37. The van der Waals surface area contributed by atoms with Crippen LogP contribution in [-0.4, -0.2) is 26.6 Å². The van der Waals surface area contributed by atoms with Crippen molar-refractivity contribution in [2.75, 3.05) is 11.0 Å². The van der Waals surface area contributed by atoms with Gasteiger partial charge in [0, 0.05) is 11.7 Å². The van der Waals surface area contributed by atoms with Gasteiger partial charge in [-0.2, -0.15) is 0 Å². The van der Waals surface area contributed by atoms with Crippen LogP contribution in [0.15, 0.2) is 24.3 Å². The van der Waals surface area contributed by atoms with E-state index in [9.17, 15) is 13.2 Å². The molecule has 1 fully saturated rings. The van der Waals surface area contributed by atoms with Crippen LogP contribution in [0.1, 0.15) is 18.4 Å². The SMILES string of the molecule is CS(=O)(=O)Nc1ccc(CC(=O)NC2CC2)cc1. The van der Waals surface area contributed by atoms with Crippen LogP contribution in [-0.2, 0) is 21.2 Å². The maximum atomic E-state index is 11.6. The number of anilines is 1. The molecule has 0 atom stereocenters. The van der Waals surface area contributed by atoms with Crippen LogP contribution in [0.4, 0.5) is 5.69 Å². The minimum atomic E-state index is -3.25. The first-order valence-corrected chi connectivity index (χ1v) is 7.67. The van der Waals surface area contributed by atoms with Gasteiger partial charge >= 0.3 is 0 Å². The Balaban J connectivity index is 1.92. The average Bonchev–Trinajstić information content (AvgIpc) is 3.02. The van der Waals surface area contributed by atoms with Crippen LogP contribution in [0.5, 0.6) is 0 Å². The lowest BCUT2D eigenvalue weighted by Gasteiger charge is -2.06. The second-order valence-corrected chi connectivity index (χ2v) is 6.34. The zero-order valence-electron chi connectivity index (χ0n) is 10.1. The molecule has 1 aromatic rings. The second-order valence-electron chi connectivity index (χ2n) is 4.59. The number of carbonyl (C=O) groups is 1. The van der Waals surface area contributed by atoms with Crippen molar-refractivity contribution >= 4 is 21.6 Å². The molecule has 0 spiro atoms. The Kier molecular flexibility index (Phi) is 3.56. The third-order valence-corrected chi connectivity index (χ3v) is 3.17. The van der Waals surface area contributed by atoms with Gasteiger partial charge in [-0.3, -0.25) is 9.52 Å². The molecule has 2 N–H and O–H groups in total. The molecule has 0 aliphatic heterocycles. The fourth-order valence-electron chi connectivity index (χ4n) is 1.60. The maximum absolute atomic E-state index is 11.6. The van der Waals surface area contributed by atoms with Gasteiger partial charge in [0.15, 0.2) is 0 Å². The Morgan fingerprint density at radius 3 is 2.39 bits per heavy atom. The summed E-state index contributed by atoms with van der Waals surface area (Å²) < 4.78 is 24.4. The Morgan fingerprint density at radius 1 is 1.28 bits per heavy atom. The van der Waals surface area contributed by atoms with Crippen LogP contribution in [0.2, 0.25) is 0 Å². The maximum Gasteiger partial charge on any atom is 0.229 e. The predicted octanol–water partition coefficient (Wildman–Crippen LogP) is 0.879. The summed E-state index contributed by atoms with van der Waals surface area (Å²) >= 11 is 0. The highest BCUT2D eigenvalue weighted by Crippen LogP contribution is 2.19. The van der Waals surface area contributed by atoms with E-state index in [1.807, 2.05) is 0 Å². The molecular weight excluding hydrogens is 252 g/mol. The van der Waals surface area contributed by atoms with Gasteiger partial charge < -0.3 is 5.32 Å². The van der Waals surface area contributed by atoms with Crippen molar-refractivity contribution in [2.45, 2.75) is 25.3 Å². The number of sulfonamides is 1. The summed E-state index contributed by atoms with van der Waals surface area (Å²) in [5.74, 6) is 0.0151. The number of amides is 1. The molecule has 0 aromatic heterocycles. The second kappa shape index (κ2) is 4.97. The number of hydrogen-bond donors (Lipinski definition) is 2. The molecule has 18 heavy (non-hydrogen) atoms. The highest BCUT2D eigenvalue weighted by molar-refractivity contribution is 7.92. The molecule has 0 saturated heterocycles. The zero-order chi connectivity index (χ0) is 13.2.